The second kappa shape index (κ2) is 7.58. The van der Waals surface area contributed by atoms with E-state index >= 15 is 0 Å². The number of pyridine rings is 1. The van der Waals surface area contributed by atoms with Crippen LogP contribution in [0, 0.1) is 6.92 Å². The van der Waals surface area contributed by atoms with Gasteiger partial charge in [0.25, 0.3) is 12.0 Å². The minimum atomic E-state index is -4.31. The monoisotopic (exact) mass is 438 g/mol. The molecule has 164 valence electrons. The highest BCUT2D eigenvalue weighted by Gasteiger charge is 2.53. The van der Waals surface area contributed by atoms with Crippen molar-refractivity contribution in [3.63, 3.8) is 0 Å². The van der Waals surface area contributed by atoms with Gasteiger partial charge in [-0.05, 0) is 30.9 Å². The molecule has 0 aliphatic heterocycles. The molecular weight excluding hydrogens is 419 g/mol. The highest BCUT2D eigenvalue weighted by atomic mass is 19.4. The molecule has 4 rings (SSSR count). The lowest BCUT2D eigenvalue weighted by atomic mass is 10.1. The third kappa shape index (κ3) is 4.38. The first kappa shape index (κ1) is 21.2. The van der Waals surface area contributed by atoms with Crippen LogP contribution < -0.4 is 10.9 Å². The summed E-state index contributed by atoms with van der Waals surface area (Å²) >= 11 is 0. The zero-order valence-corrected chi connectivity index (χ0v) is 16.5. The van der Waals surface area contributed by atoms with E-state index in [4.69, 9.17) is 0 Å². The lowest BCUT2D eigenvalue weighted by molar-refractivity contribution is -0.127. The van der Waals surface area contributed by atoms with E-state index in [9.17, 15) is 26.7 Å². The fourth-order valence-electron chi connectivity index (χ4n) is 3.66. The number of aromatic nitrogens is 3. The zero-order valence-electron chi connectivity index (χ0n) is 16.5. The van der Waals surface area contributed by atoms with Crippen molar-refractivity contribution in [2.45, 2.75) is 50.9 Å². The largest absolute Gasteiger partial charge is 0.393 e. The Morgan fingerprint density at radius 1 is 1.16 bits per heavy atom. The van der Waals surface area contributed by atoms with Gasteiger partial charge in [0.05, 0.1) is 17.3 Å². The highest BCUT2D eigenvalue weighted by Crippen LogP contribution is 2.48. The summed E-state index contributed by atoms with van der Waals surface area (Å²) in [5, 5.41) is 3.44. The molecule has 1 N–H and O–H groups in total. The number of aryl methyl sites for hydroxylation is 1. The summed E-state index contributed by atoms with van der Waals surface area (Å²) in [6.07, 6.45) is -6.26. The molecule has 1 saturated carbocycles. The molecule has 0 radical (unpaired) electrons. The van der Waals surface area contributed by atoms with Gasteiger partial charge in [0.2, 0.25) is 0 Å². The average molecular weight is 438 g/mol. The molecule has 2 heterocycles. The standard InChI is InChI=1S/C21H19F5N4O/c1-12-28-16-8-17(31)30(20(5-6-20)19(22)23)11-15(16)18(29-12)27-10-14-4-2-3-13(7-14)9-21(24,25)26/h2-4,7-8,11,19H,5-6,9-10H2,1H3,(H,27,28,29). The number of benzene rings is 1. The number of nitrogens with one attached hydrogen (secondary N) is 1. The fourth-order valence-corrected chi connectivity index (χ4v) is 3.66. The second-order valence-electron chi connectivity index (χ2n) is 7.77. The Balaban J connectivity index is 1.66. The van der Waals surface area contributed by atoms with Crippen LogP contribution in [0.25, 0.3) is 10.9 Å². The van der Waals surface area contributed by atoms with Crippen molar-refractivity contribution in [1.82, 2.24) is 14.5 Å². The van der Waals surface area contributed by atoms with Gasteiger partial charge in [-0.1, -0.05) is 24.3 Å². The van der Waals surface area contributed by atoms with Crippen LogP contribution in [-0.4, -0.2) is 27.1 Å². The first-order valence-corrected chi connectivity index (χ1v) is 9.65. The van der Waals surface area contributed by atoms with Crippen LogP contribution in [0.3, 0.4) is 0 Å². The summed E-state index contributed by atoms with van der Waals surface area (Å²) in [6, 6.07) is 7.27. The van der Waals surface area contributed by atoms with Gasteiger partial charge in [0.1, 0.15) is 17.2 Å². The van der Waals surface area contributed by atoms with E-state index in [1.54, 1.807) is 19.1 Å². The number of hydrogen-bond donors (Lipinski definition) is 1. The number of nitrogens with zero attached hydrogens (tertiary/aromatic N) is 3. The normalized spacial score (nSPS) is 15.5. The number of rotatable bonds is 6. The Kier molecular flexibility index (Phi) is 5.18. The molecule has 1 aliphatic rings. The van der Waals surface area contributed by atoms with E-state index in [0.29, 0.717) is 28.1 Å². The predicted molar refractivity (Wildman–Crippen MR) is 105 cm³/mol. The van der Waals surface area contributed by atoms with Gasteiger partial charge < -0.3 is 9.88 Å². The van der Waals surface area contributed by atoms with Crippen LogP contribution in [0.15, 0.2) is 41.3 Å². The molecule has 0 unspecified atom stereocenters. The third-order valence-corrected chi connectivity index (χ3v) is 5.35. The number of hydrogen-bond acceptors (Lipinski definition) is 4. The molecule has 0 atom stereocenters. The van der Waals surface area contributed by atoms with E-state index in [0.717, 1.165) is 4.57 Å². The molecule has 1 aliphatic carbocycles. The van der Waals surface area contributed by atoms with Crippen molar-refractivity contribution in [3.05, 3.63) is 63.8 Å². The van der Waals surface area contributed by atoms with Crippen LogP contribution in [-0.2, 0) is 18.5 Å². The van der Waals surface area contributed by atoms with E-state index in [1.165, 1.54) is 24.4 Å². The zero-order chi connectivity index (χ0) is 22.4. The Morgan fingerprint density at radius 2 is 1.87 bits per heavy atom. The summed E-state index contributed by atoms with van der Waals surface area (Å²) in [6.45, 7) is 1.79. The molecule has 31 heavy (non-hydrogen) atoms. The molecule has 10 heteroatoms. The quantitative estimate of drug-likeness (QED) is 0.573. The van der Waals surface area contributed by atoms with E-state index < -0.39 is 30.1 Å². The molecule has 0 amide bonds. The molecule has 2 aromatic heterocycles. The number of anilines is 1. The van der Waals surface area contributed by atoms with Crippen LogP contribution in [0.4, 0.5) is 27.8 Å². The SMILES string of the molecule is Cc1nc(NCc2cccc(CC(F)(F)F)c2)c2cn(C3(C(F)F)CC3)c(=O)cc2n1. The van der Waals surface area contributed by atoms with E-state index in [1.807, 2.05) is 0 Å². The van der Waals surface area contributed by atoms with Gasteiger partial charge in [-0.25, -0.2) is 18.7 Å². The maximum absolute atomic E-state index is 13.5. The van der Waals surface area contributed by atoms with Gasteiger partial charge in [-0.15, -0.1) is 0 Å². The Labute approximate surface area is 173 Å². The van der Waals surface area contributed by atoms with Gasteiger partial charge in [0, 0.05) is 18.8 Å². The van der Waals surface area contributed by atoms with E-state index in [2.05, 4.69) is 15.3 Å². The summed E-state index contributed by atoms with van der Waals surface area (Å²) in [7, 11) is 0. The molecule has 5 nitrogen and oxygen atoms in total. The summed E-state index contributed by atoms with van der Waals surface area (Å²) < 4.78 is 66.1. The minimum Gasteiger partial charge on any atom is -0.365 e. The van der Waals surface area contributed by atoms with Gasteiger partial charge in [0.15, 0.2) is 0 Å². The van der Waals surface area contributed by atoms with Crippen LogP contribution in [0.1, 0.15) is 29.8 Å². The van der Waals surface area contributed by atoms with Gasteiger partial charge in [-0.2, -0.15) is 13.2 Å². The minimum absolute atomic E-state index is 0.136. The molecular formula is C21H19F5N4O. The number of halogens is 5. The van der Waals surface area contributed by atoms with Gasteiger partial charge in [-0.3, -0.25) is 4.79 Å². The van der Waals surface area contributed by atoms with Crippen molar-refractivity contribution in [2.24, 2.45) is 0 Å². The van der Waals surface area contributed by atoms with Crippen molar-refractivity contribution < 1.29 is 22.0 Å². The second-order valence-corrected chi connectivity index (χ2v) is 7.77. The Hall–Kier alpha value is -3.04. The lowest BCUT2D eigenvalue weighted by Crippen LogP contribution is -2.35. The molecule has 3 aromatic rings. The highest BCUT2D eigenvalue weighted by molar-refractivity contribution is 5.88. The topological polar surface area (TPSA) is 59.8 Å². The van der Waals surface area contributed by atoms with Crippen LogP contribution in [0.2, 0.25) is 0 Å². The summed E-state index contributed by atoms with van der Waals surface area (Å²) in [5.41, 5.74) is -1.01. The van der Waals surface area contributed by atoms with Crippen LogP contribution in [0.5, 0.6) is 0 Å². The van der Waals surface area contributed by atoms with Crippen molar-refractivity contribution >= 4 is 16.7 Å². The third-order valence-electron chi connectivity index (χ3n) is 5.35. The maximum Gasteiger partial charge on any atom is 0.393 e. The average Bonchev–Trinajstić information content (AvgIpc) is 3.46. The maximum atomic E-state index is 13.5. The lowest BCUT2D eigenvalue weighted by Gasteiger charge is -2.19. The molecule has 0 saturated heterocycles. The van der Waals surface area contributed by atoms with Crippen LogP contribution >= 0.6 is 0 Å². The van der Waals surface area contributed by atoms with Crippen molar-refractivity contribution in [2.75, 3.05) is 5.32 Å². The van der Waals surface area contributed by atoms with Crippen molar-refractivity contribution in [3.8, 4) is 0 Å². The molecule has 0 spiro atoms. The smallest absolute Gasteiger partial charge is 0.365 e. The number of alkyl halides is 5. The molecule has 1 aromatic carbocycles. The Morgan fingerprint density at radius 3 is 2.52 bits per heavy atom. The predicted octanol–water partition coefficient (Wildman–Crippen LogP) is 4.57. The first-order chi connectivity index (χ1) is 14.6. The summed E-state index contributed by atoms with van der Waals surface area (Å²) in [5.74, 6) is 0.690. The molecule has 1 fully saturated rings. The molecule has 0 bridgehead atoms. The van der Waals surface area contributed by atoms with Gasteiger partial charge >= 0.3 is 6.18 Å². The fraction of sp³-hybridized carbons (Fsp3) is 0.381. The number of fused-ring (bicyclic) bond motifs is 1. The Bertz CT molecular complexity index is 1180. The van der Waals surface area contributed by atoms with E-state index in [-0.39, 0.29) is 24.9 Å². The van der Waals surface area contributed by atoms with Crippen molar-refractivity contribution in [1.29, 1.82) is 0 Å². The first-order valence-electron chi connectivity index (χ1n) is 9.65. The summed E-state index contributed by atoms with van der Waals surface area (Å²) in [4.78, 5) is 21.0.